The molecule has 1 heterocycles. The van der Waals surface area contributed by atoms with E-state index in [2.05, 4.69) is 10.6 Å². The summed E-state index contributed by atoms with van der Waals surface area (Å²) >= 11 is 0. The van der Waals surface area contributed by atoms with Crippen molar-refractivity contribution in [1.82, 2.24) is 10.2 Å². The maximum Gasteiger partial charge on any atom is 0.329 e. The van der Waals surface area contributed by atoms with Gasteiger partial charge in [0.1, 0.15) is 18.1 Å². The van der Waals surface area contributed by atoms with E-state index in [9.17, 15) is 18.8 Å². The summed E-state index contributed by atoms with van der Waals surface area (Å²) in [6.07, 6.45) is 1.36. The first kappa shape index (κ1) is 17.3. The number of rotatable bonds is 4. The lowest BCUT2D eigenvalue weighted by molar-refractivity contribution is -0.127. The quantitative estimate of drug-likeness (QED) is 0.655. The van der Waals surface area contributed by atoms with E-state index in [1.165, 1.54) is 24.3 Å². The highest BCUT2D eigenvalue weighted by atomic mass is 19.1. The van der Waals surface area contributed by atoms with Crippen molar-refractivity contribution in [3.8, 4) is 0 Å². The second kappa shape index (κ2) is 7.18. The van der Waals surface area contributed by atoms with Crippen molar-refractivity contribution in [2.24, 2.45) is 0 Å². The first-order valence-corrected chi connectivity index (χ1v) is 7.89. The van der Waals surface area contributed by atoms with E-state index < -0.39 is 30.2 Å². The number of urea groups is 1. The van der Waals surface area contributed by atoms with Crippen molar-refractivity contribution in [2.45, 2.75) is 6.92 Å². The van der Waals surface area contributed by atoms with E-state index >= 15 is 0 Å². The summed E-state index contributed by atoms with van der Waals surface area (Å²) in [4.78, 5) is 37.2. The standard InChI is InChI=1S/C19H16FN3O3/c1-12-5-7-15(8-6-12)21-17(24)11-23-18(25)16(22-19(23)26)10-13-3-2-4-14(20)9-13/h2-10H,11H2,1H3,(H,21,24)(H,22,26)/b16-10+. The Balaban J connectivity index is 1.69. The van der Waals surface area contributed by atoms with E-state index in [0.717, 1.165) is 10.5 Å². The molecule has 1 aliphatic heterocycles. The number of nitrogens with one attached hydrogen (secondary N) is 2. The van der Waals surface area contributed by atoms with Gasteiger partial charge in [-0.3, -0.25) is 9.59 Å². The third kappa shape index (κ3) is 3.94. The number of amides is 4. The van der Waals surface area contributed by atoms with E-state index in [1.807, 2.05) is 19.1 Å². The molecule has 4 amide bonds. The third-order valence-electron chi connectivity index (χ3n) is 3.76. The molecule has 0 unspecified atom stereocenters. The number of hydrogen-bond acceptors (Lipinski definition) is 3. The molecular formula is C19H16FN3O3. The number of carbonyl (C=O) groups is 3. The SMILES string of the molecule is Cc1ccc(NC(=O)CN2C(=O)N/C(=C/c3cccc(F)c3)C2=O)cc1. The molecule has 2 aromatic carbocycles. The zero-order valence-electron chi connectivity index (χ0n) is 14.0. The van der Waals surface area contributed by atoms with Crippen LogP contribution < -0.4 is 10.6 Å². The number of halogens is 1. The predicted octanol–water partition coefficient (Wildman–Crippen LogP) is 2.67. The number of carbonyl (C=O) groups excluding carboxylic acids is 3. The lowest BCUT2D eigenvalue weighted by atomic mass is 10.2. The van der Waals surface area contributed by atoms with Crippen LogP contribution in [-0.2, 0) is 9.59 Å². The smallest absolute Gasteiger partial charge is 0.325 e. The van der Waals surface area contributed by atoms with Gasteiger partial charge in [-0.15, -0.1) is 0 Å². The van der Waals surface area contributed by atoms with Gasteiger partial charge >= 0.3 is 6.03 Å². The monoisotopic (exact) mass is 353 g/mol. The minimum Gasteiger partial charge on any atom is -0.325 e. The van der Waals surface area contributed by atoms with Crippen LogP contribution in [0.4, 0.5) is 14.9 Å². The van der Waals surface area contributed by atoms with Crippen molar-refractivity contribution in [3.63, 3.8) is 0 Å². The fourth-order valence-electron chi connectivity index (χ4n) is 2.46. The van der Waals surface area contributed by atoms with E-state index in [0.29, 0.717) is 11.3 Å². The molecule has 132 valence electrons. The van der Waals surface area contributed by atoms with Crippen LogP contribution in [-0.4, -0.2) is 29.3 Å². The largest absolute Gasteiger partial charge is 0.329 e. The second-order valence-corrected chi connectivity index (χ2v) is 5.85. The molecule has 26 heavy (non-hydrogen) atoms. The van der Waals surface area contributed by atoms with Gasteiger partial charge < -0.3 is 10.6 Å². The zero-order valence-corrected chi connectivity index (χ0v) is 14.0. The summed E-state index contributed by atoms with van der Waals surface area (Å²) in [6, 6.07) is 12.0. The molecule has 1 aliphatic rings. The van der Waals surface area contributed by atoms with Crippen LogP contribution in [0.15, 0.2) is 54.2 Å². The summed E-state index contributed by atoms with van der Waals surface area (Å²) in [6.45, 7) is 1.50. The van der Waals surface area contributed by atoms with Crippen molar-refractivity contribution < 1.29 is 18.8 Å². The maximum absolute atomic E-state index is 13.2. The van der Waals surface area contributed by atoms with E-state index in [-0.39, 0.29) is 5.70 Å². The lowest BCUT2D eigenvalue weighted by Gasteiger charge is -2.12. The van der Waals surface area contributed by atoms with Gasteiger partial charge in [-0.1, -0.05) is 29.8 Å². The summed E-state index contributed by atoms with van der Waals surface area (Å²) in [5.41, 5.74) is 2.04. The first-order valence-electron chi connectivity index (χ1n) is 7.89. The van der Waals surface area contributed by atoms with Crippen LogP contribution >= 0.6 is 0 Å². The molecule has 6 nitrogen and oxygen atoms in total. The molecule has 0 radical (unpaired) electrons. The van der Waals surface area contributed by atoms with Crippen LogP contribution in [0.25, 0.3) is 6.08 Å². The van der Waals surface area contributed by atoms with E-state index in [1.54, 1.807) is 18.2 Å². The molecule has 2 aromatic rings. The normalized spacial score (nSPS) is 15.3. The second-order valence-electron chi connectivity index (χ2n) is 5.85. The Hall–Kier alpha value is -3.48. The van der Waals surface area contributed by atoms with Crippen LogP contribution in [0, 0.1) is 12.7 Å². The number of nitrogens with zero attached hydrogens (tertiary/aromatic N) is 1. The third-order valence-corrected chi connectivity index (χ3v) is 3.76. The van der Waals surface area contributed by atoms with Gasteiger partial charge in [0, 0.05) is 5.69 Å². The highest BCUT2D eigenvalue weighted by molar-refractivity contribution is 6.15. The Morgan fingerprint density at radius 1 is 1.19 bits per heavy atom. The minimum absolute atomic E-state index is 0.0104. The van der Waals surface area contributed by atoms with Gasteiger partial charge in [0.25, 0.3) is 5.91 Å². The average Bonchev–Trinajstić information content (AvgIpc) is 2.84. The molecule has 1 saturated heterocycles. The van der Waals surface area contributed by atoms with Crippen LogP contribution in [0.5, 0.6) is 0 Å². The van der Waals surface area contributed by atoms with Gasteiger partial charge in [-0.2, -0.15) is 0 Å². The molecule has 7 heteroatoms. The van der Waals surface area contributed by atoms with E-state index in [4.69, 9.17) is 0 Å². The number of anilines is 1. The van der Waals surface area contributed by atoms with Gasteiger partial charge in [-0.05, 0) is 42.8 Å². The average molecular weight is 353 g/mol. The molecule has 0 aromatic heterocycles. The van der Waals surface area contributed by atoms with Crippen LogP contribution in [0.2, 0.25) is 0 Å². The predicted molar refractivity (Wildman–Crippen MR) is 94.4 cm³/mol. The van der Waals surface area contributed by atoms with Crippen molar-refractivity contribution in [1.29, 1.82) is 0 Å². The summed E-state index contributed by atoms with van der Waals surface area (Å²) in [7, 11) is 0. The minimum atomic E-state index is -0.697. The Morgan fingerprint density at radius 3 is 2.62 bits per heavy atom. The first-order chi connectivity index (χ1) is 12.4. The highest BCUT2D eigenvalue weighted by Gasteiger charge is 2.34. The Morgan fingerprint density at radius 2 is 1.92 bits per heavy atom. The fourth-order valence-corrected chi connectivity index (χ4v) is 2.46. The molecular weight excluding hydrogens is 337 g/mol. The maximum atomic E-state index is 13.2. The molecule has 0 atom stereocenters. The summed E-state index contributed by atoms with van der Waals surface area (Å²) in [5.74, 6) is -1.59. The fraction of sp³-hybridized carbons (Fsp3) is 0.105. The highest BCUT2D eigenvalue weighted by Crippen LogP contribution is 2.15. The zero-order chi connectivity index (χ0) is 18.7. The number of hydrogen-bond donors (Lipinski definition) is 2. The van der Waals surface area contributed by atoms with Crippen molar-refractivity contribution in [2.75, 3.05) is 11.9 Å². The number of aryl methyl sites for hydroxylation is 1. The van der Waals surface area contributed by atoms with Crippen molar-refractivity contribution >= 4 is 29.6 Å². The molecule has 3 rings (SSSR count). The lowest BCUT2D eigenvalue weighted by Crippen LogP contribution is -2.38. The molecule has 0 saturated carbocycles. The Kier molecular flexibility index (Phi) is 4.79. The summed E-state index contributed by atoms with van der Waals surface area (Å²) in [5, 5.41) is 5.02. The van der Waals surface area contributed by atoms with Gasteiger partial charge in [0.2, 0.25) is 5.91 Å². The van der Waals surface area contributed by atoms with Crippen LogP contribution in [0.3, 0.4) is 0 Å². The van der Waals surface area contributed by atoms with Gasteiger partial charge in [0.05, 0.1) is 0 Å². The summed E-state index contributed by atoms with van der Waals surface area (Å²) < 4.78 is 13.2. The topological polar surface area (TPSA) is 78.5 Å². The number of imide groups is 1. The molecule has 0 aliphatic carbocycles. The molecule has 0 spiro atoms. The Labute approximate surface area is 149 Å². The Bertz CT molecular complexity index is 907. The van der Waals surface area contributed by atoms with Crippen molar-refractivity contribution in [3.05, 3.63) is 71.2 Å². The van der Waals surface area contributed by atoms with Crippen LogP contribution in [0.1, 0.15) is 11.1 Å². The van der Waals surface area contributed by atoms with Gasteiger partial charge in [0.15, 0.2) is 0 Å². The number of benzene rings is 2. The molecule has 1 fully saturated rings. The van der Waals surface area contributed by atoms with Gasteiger partial charge in [-0.25, -0.2) is 14.1 Å². The molecule has 0 bridgehead atoms. The molecule has 2 N–H and O–H groups in total.